The molecule has 12 heavy (non-hydrogen) atoms. The molecule has 1 heterocycles. The molecule has 1 unspecified atom stereocenters. The molecule has 72 valence electrons. The van der Waals surface area contributed by atoms with Gasteiger partial charge in [0.1, 0.15) is 6.79 Å². The average Bonchev–Trinajstić information content (AvgIpc) is 2.14. The molecular weight excluding hydrogens is 158 g/mol. The van der Waals surface area contributed by atoms with E-state index in [4.69, 9.17) is 14.2 Å². The van der Waals surface area contributed by atoms with Gasteiger partial charge in [-0.2, -0.15) is 0 Å². The van der Waals surface area contributed by atoms with Crippen LogP contribution in [0.4, 0.5) is 0 Å². The molecule has 0 radical (unpaired) electrons. The van der Waals surface area contributed by atoms with E-state index in [0.29, 0.717) is 12.9 Å². The zero-order valence-electron chi connectivity index (χ0n) is 7.54. The molecule has 1 atom stereocenters. The molecule has 1 fully saturated rings. The molecule has 0 bridgehead atoms. The molecule has 0 saturated carbocycles. The molecule has 1 saturated heterocycles. The Hall–Kier alpha value is -0.160. The second kappa shape index (κ2) is 6.37. The van der Waals surface area contributed by atoms with Crippen molar-refractivity contribution in [2.75, 3.05) is 40.2 Å². The van der Waals surface area contributed by atoms with Crippen LogP contribution in [0.1, 0.15) is 6.42 Å². The highest BCUT2D eigenvalue weighted by atomic mass is 16.7. The Morgan fingerprint density at radius 2 is 2.50 bits per heavy atom. The Bertz CT molecular complexity index is 104. The normalized spacial score (nSPS) is 24.2. The van der Waals surface area contributed by atoms with Gasteiger partial charge in [-0.15, -0.1) is 0 Å². The molecule has 1 rings (SSSR count). The summed E-state index contributed by atoms with van der Waals surface area (Å²) in [7, 11) is 1.70. The maximum absolute atomic E-state index is 5.33. The molecule has 1 aliphatic rings. The number of methoxy groups -OCH3 is 1. The lowest BCUT2D eigenvalue weighted by atomic mass is 10.2. The van der Waals surface area contributed by atoms with Crippen molar-refractivity contribution >= 4 is 0 Å². The number of nitrogens with one attached hydrogen (secondary N) is 1. The molecule has 1 aliphatic heterocycles. The standard InChI is InChI=1S/C8H17NO3/c1-10-5-3-9-6-8-2-4-11-7-12-8/h8-9H,2-7H2,1H3. The van der Waals surface area contributed by atoms with Crippen molar-refractivity contribution in [1.29, 1.82) is 0 Å². The molecule has 0 aromatic carbocycles. The number of hydrogen-bond acceptors (Lipinski definition) is 4. The monoisotopic (exact) mass is 175 g/mol. The molecule has 0 amide bonds. The fourth-order valence-corrected chi connectivity index (χ4v) is 1.10. The quantitative estimate of drug-likeness (QED) is 0.596. The largest absolute Gasteiger partial charge is 0.383 e. The Morgan fingerprint density at radius 1 is 1.58 bits per heavy atom. The summed E-state index contributed by atoms with van der Waals surface area (Å²) in [6.07, 6.45) is 1.30. The van der Waals surface area contributed by atoms with E-state index in [-0.39, 0.29) is 0 Å². The van der Waals surface area contributed by atoms with Crippen molar-refractivity contribution in [3.05, 3.63) is 0 Å². The van der Waals surface area contributed by atoms with Crippen LogP contribution in [0.5, 0.6) is 0 Å². The third kappa shape index (κ3) is 4.01. The molecular formula is C8H17NO3. The molecule has 0 aromatic rings. The number of hydrogen-bond donors (Lipinski definition) is 1. The fraction of sp³-hybridized carbons (Fsp3) is 1.00. The van der Waals surface area contributed by atoms with Crippen molar-refractivity contribution < 1.29 is 14.2 Å². The highest BCUT2D eigenvalue weighted by Gasteiger charge is 2.12. The van der Waals surface area contributed by atoms with Crippen LogP contribution in [0.2, 0.25) is 0 Å². The van der Waals surface area contributed by atoms with E-state index in [2.05, 4.69) is 5.32 Å². The summed E-state index contributed by atoms with van der Waals surface area (Å²) in [4.78, 5) is 0. The SMILES string of the molecule is COCCNCC1CCOCO1. The minimum Gasteiger partial charge on any atom is -0.383 e. The highest BCUT2D eigenvalue weighted by molar-refractivity contribution is 4.63. The third-order valence-corrected chi connectivity index (χ3v) is 1.83. The summed E-state index contributed by atoms with van der Waals surface area (Å²) < 4.78 is 15.3. The first kappa shape index (κ1) is 9.92. The Morgan fingerprint density at radius 3 is 3.17 bits per heavy atom. The van der Waals surface area contributed by atoms with Gasteiger partial charge >= 0.3 is 0 Å². The first-order valence-electron chi connectivity index (χ1n) is 4.32. The van der Waals surface area contributed by atoms with Crippen molar-refractivity contribution in [3.8, 4) is 0 Å². The molecule has 0 aliphatic carbocycles. The van der Waals surface area contributed by atoms with Gasteiger partial charge in [0, 0.05) is 20.2 Å². The smallest absolute Gasteiger partial charge is 0.147 e. The fourth-order valence-electron chi connectivity index (χ4n) is 1.10. The molecule has 4 nitrogen and oxygen atoms in total. The lowest BCUT2D eigenvalue weighted by Crippen LogP contribution is -2.35. The van der Waals surface area contributed by atoms with Crippen LogP contribution < -0.4 is 5.32 Å². The first-order chi connectivity index (χ1) is 5.93. The van der Waals surface area contributed by atoms with Crippen molar-refractivity contribution in [1.82, 2.24) is 5.32 Å². The molecule has 1 N–H and O–H groups in total. The van der Waals surface area contributed by atoms with Crippen LogP contribution in [0.25, 0.3) is 0 Å². The van der Waals surface area contributed by atoms with Crippen LogP contribution >= 0.6 is 0 Å². The second-order valence-corrected chi connectivity index (χ2v) is 2.80. The summed E-state index contributed by atoms with van der Waals surface area (Å²) in [6, 6.07) is 0. The summed E-state index contributed by atoms with van der Waals surface area (Å²) in [5.74, 6) is 0. The van der Waals surface area contributed by atoms with Gasteiger partial charge < -0.3 is 19.5 Å². The Labute approximate surface area is 73.2 Å². The van der Waals surface area contributed by atoms with Gasteiger partial charge in [-0.3, -0.25) is 0 Å². The van der Waals surface area contributed by atoms with Crippen LogP contribution in [0.15, 0.2) is 0 Å². The van der Waals surface area contributed by atoms with Gasteiger partial charge in [-0.25, -0.2) is 0 Å². The van der Waals surface area contributed by atoms with E-state index in [0.717, 1.165) is 32.7 Å². The maximum atomic E-state index is 5.33. The van der Waals surface area contributed by atoms with Gasteiger partial charge in [-0.05, 0) is 6.42 Å². The average molecular weight is 175 g/mol. The topological polar surface area (TPSA) is 39.7 Å². The van der Waals surface area contributed by atoms with E-state index in [1.165, 1.54) is 0 Å². The van der Waals surface area contributed by atoms with Crippen LogP contribution in [-0.2, 0) is 14.2 Å². The molecule has 4 heteroatoms. The van der Waals surface area contributed by atoms with E-state index >= 15 is 0 Å². The van der Waals surface area contributed by atoms with Gasteiger partial charge in [0.25, 0.3) is 0 Å². The van der Waals surface area contributed by atoms with E-state index < -0.39 is 0 Å². The summed E-state index contributed by atoms with van der Waals surface area (Å²) in [5.41, 5.74) is 0. The highest BCUT2D eigenvalue weighted by Crippen LogP contribution is 2.03. The van der Waals surface area contributed by atoms with Gasteiger partial charge in [0.15, 0.2) is 0 Å². The lowest BCUT2D eigenvalue weighted by Gasteiger charge is -2.22. The number of rotatable bonds is 5. The van der Waals surface area contributed by atoms with Crippen molar-refractivity contribution in [2.24, 2.45) is 0 Å². The maximum Gasteiger partial charge on any atom is 0.147 e. The van der Waals surface area contributed by atoms with E-state index in [9.17, 15) is 0 Å². The predicted molar refractivity (Wildman–Crippen MR) is 45.1 cm³/mol. The first-order valence-corrected chi connectivity index (χ1v) is 4.32. The van der Waals surface area contributed by atoms with E-state index in [1.54, 1.807) is 7.11 Å². The van der Waals surface area contributed by atoms with Crippen molar-refractivity contribution in [3.63, 3.8) is 0 Å². The van der Waals surface area contributed by atoms with Crippen molar-refractivity contribution in [2.45, 2.75) is 12.5 Å². The number of ether oxygens (including phenoxy) is 3. The minimum atomic E-state index is 0.315. The minimum absolute atomic E-state index is 0.315. The van der Waals surface area contributed by atoms with E-state index in [1.807, 2.05) is 0 Å². The zero-order valence-corrected chi connectivity index (χ0v) is 7.54. The molecule has 0 spiro atoms. The zero-order chi connectivity index (χ0) is 8.65. The molecule has 0 aromatic heterocycles. The third-order valence-electron chi connectivity index (χ3n) is 1.83. The summed E-state index contributed by atoms with van der Waals surface area (Å²) >= 11 is 0. The predicted octanol–water partition coefficient (Wildman–Crippen LogP) is -0.0146. The summed E-state index contributed by atoms with van der Waals surface area (Å²) in [6.45, 7) is 3.79. The second-order valence-electron chi connectivity index (χ2n) is 2.80. The van der Waals surface area contributed by atoms with Gasteiger partial charge in [-0.1, -0.05) is 0 Å². The summed E-state index contributed by atoms with van der Waals surface area (Å²) in [5, 5.41) is 3.25. The van der Waals surface area contributed by atoms with Gasteiger partial charge in [0.2, 0.25) is 0 Å². The Kier molecular flexibility index (Phi) is 5.27. The Balaban J connectivity index is 1.91. The van der Waals surface area contributed by atoms with Crippen LogP contribution in [-0.4, -0.2) is 46.3 Å². The lowest BCUT2D eigenvalue weighted by molar-refractivity contribution is -0.137. The van der Waals surface area contributed by atoms with Crippen LogP contribution in [0.3, 0.4) is 0 Å². The van der Waals surface area contributed by atoms with Crippen LogP contribution in [0, 0.1) is 0 Å². The van der Waals surface area contributed by atoms with Gasteiger partial charge in [0.05, 0.1) is 19.3 Å².